The maximum atomic E-state index is 14.7. The largest absolute Gasteiger partial charge is 0.498 e. The lowest BCUT2D eigenvalue weighted by atomic mass is 9.78. The molecule has 1 heterocycles. The first kappa shape index (κ1) is 17.6. The summed E-state index contributed by atoms with van der Waals surface area (Å²) in [6, 6.07) is 3.21. The molecule has 1 aliphatic rings. The van der Waals surface area contributed by atoms with Crippen LogP contribution in [0.5, 0.6) is 5.75 Å². The van der Waals surface area contributed by atoms with Gasteiger partial charge in [0.25, 0.3) is 0 Å². The fourth-order valence-electron chi connectivity index (χ4n) is 2.15. The lowest BCUT2D eigenvalue weighted by Crippen LogP contribution is -2.41. The van der Waals surface area contributed by atoms with E-state index in [9.17, 15) is 4.39 Å². The van der Waals surface area contributed by atoms with Crippen LogP contribution >= 0.6 is 11.6 Å². The summed E-state index contributed by atoms with van der Waals surface area (Å²) in [5.41, 5.74) is -0.727. The molecule has 1 aliphatic heterocycles. The second-order valence-corrected chi connectivity index (χ2v) is 6.98. The smallest absolute Gasteiger partial charge is 0.489 e. The van der Waals surface area contributed by atoms with Gasteiger partial charge in [-0.1, -0.05) is 31.0 Å². The Morgan fingerprint density at radius 2 is 1.77 bits per heavy atom. The average molecular weight is 329 g/mol. The fraction of sp³-hybridized carbons (Fsp3) is 0.625. The number of ether oxygens (including phenoxy) is 1. The molecule has 122 valence electrons. The van der Waals surface area contributed by atoms with Crippen LogP contribution in [0.3, 0.4) is 0 Å². The van der Waals surface area contributed by atoms with E-state index in [4.69, 9.17) is 25.6 Å². The molecule has 0 atom stereocenters. The molecule has 6 heteroatoms. The van der Waals surface area contributed by atoms with Crippen molar-refractivity contribution in [3.05, 3.63) is 23.0 Å². The monoisotopic (exact) mass is 328 g/mol. The lowest BCUT2D eigenvalue weighted by molar-refractivity contribution is 0.00578. The summed E-state index contributed by atoms with van der Waals surface area (Å²) in [4.78, 5) is 0. The zero-order valence-corrected chi connectivity index (χ0v) is 14.6. The molecule has 3 nitrogen and oxygen atoms in total. The summed E-state index contributed by atoms with van der Waals surface area (Å²) in [7, 11) is -0.768. The molecule has 2 rings (SSSR count). The van der Waals surface area contributed by atoms with Gasteiger partial charge in [0.2, 0.25) is 0 Å². The van der Waals surface area contributed by atoms with Crippen LogP contribution < -0.4 is 10.2 Å². The molecule has 0 unspecified atom stereocenters. The molecule has 0 aliphatic carbocycles. The molecule has 0 radical (unpaired) electrons. The van der Waals surface area contributed by atoms with E-state index in [1.807, 2.05) is 34.6 Å². The van der Waals surface area contributed by atoms with Crippen molar-refractivity contribution >= 4 is 24.2 Å². The van der Waals surface area contributed by atoms with E-state index in [2.05, 4.69) is 0 Å². The van der Waals surface area contributed by atoms with E-state index in [-0.39, 0.29) is 10.8 Å². The van der Waals surface area contributed by atoms with Crippen molar-refractivity contribution in [2.24, 2.45) is 0 Å². The van der Waals surface area contributed by atoms with Crippen molar-refractivity contribution < 1.29 is 18.4 Å². The molecule has 1 saturated heterocycles. The first-order valence-corrected chi connectivity index (χ1v) is 8.03. The quantitative estimate of drug-likeness (QED) is 0.605. The van der Waals surface area contributed by atoms with E-state index >= 15 is 0 Å². The van der Waals surface area contributed by atoms with E-state index in [1.54, 1.807) is 12.1 Å². The van der Waals surface area contributed by atoms with Crippen LogP contribution in [-0.4, -0.2) is 24.9 Å². The molecule has 1 aromatic rings. The molecular formula is C16H23BClFO3. The van der Waals surface area contributed by atoms with Gasteiger partial charge in [0.05, 0.1) is 22.8 Å². The van der Waals surface area contributed by atoms with Gasteiger partial charge >= 0.3 is 7.12 Å². The molecule has 0 N–H and O–H groups in total. The Hall–Kier alpha value is -0.775. The minimum absolute atomic E-state index is 0.0716. The van der Waals surface area contributed by atoms with Gasteiger partial charge in [-0.2, -0.15) is 0 Å². The Bertz CT molecular complexity index is 532. The predicted molar refractivity (Wildman–Crippen MR) is 87.5 cm³/mol. The Labute approximate surface area is 137 Å². The number of rotatable bonds is 5. The molecule has 22 heavy (non-hydrogen) atoms. The standard InChI is InChI=1S/C16H23BClFO3/c1-6-7-10-20-14-12(18)9-8-11(13(14)19)17-21-15(2,3)16(4,5)22-17/h8-9H,6-7,10H2,1-5H3. The van der Waals surface area contributed by atoms with Crippen LogP contribution in [0.25, 0.3) is 0 Å². The highest BCUT2D eigenvalue weighted by Gasteiger charge is 2.52. The maximum absolute atomic E-state index is 14.7. The molecule has 0 amide bonds. The van der Waals surface area contributed by atoms with Crippen molar-refractivity contribution in [3.8, 4) is 5.75 Å². The maximum Gasteiger partial charge on any atom is 0.498 e. The Morgan fingerprint density at radius 1 is 1.18 bits per heavy atom. The molecule has 0 saturated carbocycles. The number of halogens is 2. The predicted octanol–water partition coefficient (Wildman–Crippen LogP) is 3.96. The van der Waals surface area contributed by atoms with Crippen LogP contribution in [0.2, 0.25) is 5.02 Å². The van der Waals surface area contributed by atoms with Gasteiger partial charge in [-0.25, -0.2) is 4.39 Å². The van der Waals surface area contributed by atoms with Crippen LogP contribution in [0.1, 0.15) is 47.5 Å². The minimum Gasteiger partial charge on any atom is -0.489 e. The zero-order valence-electron chi connectivity index (χ0n) is 13.8. The summed E-state index contributed by atoms with van der Waals surface area (Å²) in [6.45, 7) is 10.2. The van der Waals surface area contributed by atoms with Crippen molar-refractivity contribution in [1.29, 1.82) is 0 Å². The Morgan fingerprint density at radius 3 is 2.32 bits per heavy atom. The van der Waals surface area contributed by atoms with Gasteiger partial charge < -0.3 is 14.0 Å². The average Bonchev–Trinajstić information content (AvgIpc) is 2.62. The summed E-state index contributed by atoms with van der Waals surface area (Å²) in [5.74, 6) is -0.440. The normalized spacial score (nSPS) is 19.5. The van der Waals surface area contributed by atoms with E-state index in [0.29, 0.717) is 12.1 Å². The highest BCUT2D eigenvalue weighted by Crippen LogP contribution is 2.37. The summed E-state index contributed by atoms with van der Waals surface area (Å²) < 4.78 is 32.0. The first-order valence-electron chi connectivity index (χ1n) is 7.66. The molecular weight excluding hydrogens is 305 g/mol. The van der Waals surface area contributed by atoms with E-state index in [1.165, 1.54) is 0 Å². The van der Waals surface area contributed by atoms with Crippen LogP contribution in [0.15, 0.2) is 12.1 Å². The molecule has 1 aromatic carbocycles. The van der Waals surface area contributed by atoms with Crippen molar-refractivity contribution in [1.82, 2.24) is 0 Å². The summed E-state index contributed by atoms with van der Waals surface area (Å²) >= 11 is 6.05. The zero-order chi connectivity index (χ0) is 16.5. The van der Waals surface area contributed by atoms with Crippen LogP contribution in [0, 0.1) is 5.82 Å². The van der Waals surface area contributed by atoms with Crippen molar-refractivity contribution in [2.75, 3.05) is 6.61 Å². The number of unbranched alkanes of at least 4 members (excludes halogenated alkanes) is 1. The minimum atomic E-state index is -0.768. The second-order valence-electron chi connectivity index (χ2n) is 6.57. The molecule has 1 fully saturated rings. The fourth-order valence-corrected chi connectivity index (χ4v) is 2.35. The van der Waals surface area contributed by atoms with Crippen LogP contribution in [-0.2, 0) is 9.31 Å². The molecule has 0 bridgehead atoms. The van der Waals surface area contributed by atoms with Gasteiger partial charge in [-0.15, -0.1) is 0 Å². The SMILES string of the molecule is CCCCOc1c(Cl)ccc(B2OC(C)(C)C(C)(C)O2)c1F. The topological polar surface area (TPSA) is 27.7 Å². The van der Waals surface area contributed by atoms with Gasteiger partial charge in [0.15, 0.2) is 11.6 Å². The van der Waals surface area contributed by atoms with Crippen molar-refractivity contribution in [2.45, 2.75) is 58.7 Å². The van der Waals surface area contributed by atoms with Crippen molar-refractivity contribution in [3.63, 3.8) is 0 Å². The van der Waals surface area contributed by atoms with Gasteiger partial charge in [-0.05, 0) is 40.2 Å². The Kier molecular flexibility index (Phi) is 5.10. The highest BCUT2D eigenvalue weighted by atomic mass is 35.5. The number of hydrogen-bond donors (Lipinski definition) is 0. The van der Waals surface area contributed by atoms with Gasteiger partial charge in [0.1, 0.15) is 0 Å². The first-order chi connectivity index (χ1) is 10.2. The van der Waals surface area contributed by atoms with Gasteiger partial charge in [0, 0.05) is 5.46 Å². The molecule has 0 aromatic heterocycles. The van der Waals surface area contributed by atoms with Gasteiger partial charge in [-0.3, -0.25) is 0 Å². The third-order valence-corrected chi connectivity index (χ3v) is 4.63. The lowest BCUT2D eigenvalue weighted by Gasteiger charge is -2.32. The highest BCUT2D eigenvalue weighted by molar-refractivity contribution is 6.62. The third kappa shape index (κ3) is 3.26. The Balaban J connectivity index is 2.28. The summed E-state index contributed by atoms with van der Waals surface area (Å²) in [6.07, 6.45) is 1.81. The molecule has 0 spiro atoms. The number of benzene rings is 1. The van der Waals surface area contributed by atoms with E-state index < -0.39 is 24.1 Å². The van der Waals surface area contributed by atoms with Crippen LogP contribution in [0.4, 0.5) is 4.39 Å². The summed E-state index contributed by atoms with van der Waals surface area (Å²) in [5, 5.41) is 0.258. The number of hydrogen-bond acceptors (Lipinski definition) is 3. The third-order valence-electron chi connectivity index (χ3n) is 4.33. The van der Waals surface area contributed by atoms with E-state index in [0.717, 1.165) is 12.8 Å². The second kappa shape index (κ2) is 6.38.